The zero-order valence-corrected chi connectivity index (χ0v) is 9.22. The molecule has 0 radical (unpaired) electrons. The van der Waals surface area contributed by atoms with Gasteiger partial charge in [0.1, 0.15) is 11.4 Å². The van der Waals surface area contributed by atoms with Crippen molar-refractivity contribution >= 4 is 0 Å². The molecule has 0 atom stereocenters. The van der Waals surface area contributed by atoms with Crippen molar-refractivity contribution < 1.29 is 13.5 Å². The smallest absolute Gasteiger partial charge is 0.168 e. The first kappa shape index (κ1) is 11.3. The van der Waals surface area contributed by atoms with Crippen molar-refractivity contribution in [1.29, 1.82) is 0 Å². The van der Waals surface area contributed by atoms with E-state index in [-0.39, 0.29) is 11.4 Å². The molecule has 1 aliphatic heterocycles. The van der Waals surface area contributed by atoms with Gasteiger partial charge in [0, 0.05) is 6.07 Å². The molecule has 0 saturated carbocycles. The standard InChI is InChI=1S/C12H15F2NO/c1-12(4-6-15-7-5-12)16-11-3-2-9(13)8-10(11)14/h2-3,8,15H,4-7H2,1H3. The lowest BCUT2D eigenvalue weighted by Crippen LogP contribution is -2.44. The highest BCUT2D eigenvalue weighted by atomic mass is 19.1. The van der Waals surface area contributed by atoms with Crippen LogP contribution in [0.4, 0.5) is 8.78 Å². The second-order valence-electron chi connectivity index (χ2n) is 4.38. The normalized spacial score (nSPS) is 19.4. The van der Waals surface area contributed by atoms with E-state index in [1.165, 1.54) is 12.1 Å². The van der Waals surface area contributed by atoms with Gasteiger partial charge in [-0.2, -0.15) is 0 Å². The van der Waals surface area contributed by atoms with Crippen molar-refractivity contribution in [3.05, 3.63) is 29.8 Å². The van der Waals surface area contributed by atoms with E-state index in [2.05, 4.69) is 5.32 Å². The van der Waals surface area contributed by atoms with Crippen molar-refractivity contribution in [3.63, 3.8) is 0 Å². The van der Waals surface area contributed by atoms with Crippen molar-refractivity contribution in [1.82, 2.24) is 5.32 Å². The zero-order valence-electron chi connectivity index (χ0n) is 9.22. The third-order valence-corrected chi connectivity index (χ3v) is 2.91. The summed E-state index contributed by atoms with van der Waals surface area (Å²) in [6.45, 7) is 3.68. The molecule has 1 heterocycles. The van der Waals surface area contributed by atoms with E-state index in [9.17, 15) is 8.78 Å². The van der Waals surface area contributed by atoms with Gasteiger partial charge in [0.05, 0.1) is 0 Å². The Kier molecular flexibility index (Phi) is 3.10. The number of benzene rings is 1. The van der Waals surface area contributed by atoms with E-state index in [4.69, 9.17) is 4.74 Å². The average Bonchev–Trinajstić information content (AvgIpc) is 2.23. The van der Waals surface area contributed by atoms with Crippen molar-refractivity contribution in [2.75, 3.05) is 13.1 Å². The molecule has 0 amide bonds. The lowest BCUT2D eigenvalue weighted by atomic mass is 9.94. The molecule has 1 aromatic carbocycles. The van der Waals surface area contributed by atoms with Crippen LogP contribution in [0, 0.1) is 11.6 Å². The fourth-order valence-electron chi connectivity index (χ4n) is 1.88. The highest BCUT2D eigenvalue weighted by molar-refractivity contribution is 5.25. The van der Waals surface area contributed by atoms with Gasteiger partial charge in [-0.3, -0.25) is 0 Å². The van der Waals surface area contributed by atoms with Crippen LogP contribution in [-0.4, -0.2) is 18.7 Å². The second-order valence-corrected chi connectivity index (χ2v) is 4.38. The Hall–Kier alpha value is -1.16. The maximum atomic E-state index is 13.4. The molecule has 2 nitrogen and oxygen atoms in total. The molecule has 88 valence electrons. The molecule has 4 heteroatoms. The first-order chi connectivity index (χ1) is 7.59. The molecule has 1 fully saturated rings. The van der Waals surface area contributed by atoms with E-state index in [1.54, 1.807) is 0 Å². The predicted octanol–water partition coefficient (Wildman–Crippen LogP) is 2.49. The van der Waals surface area contributed by atoms with E-state index in [1.807, 2.05) is 6.92 Å². The molecular formula is C12H15F2NO. The van der Waals surface area contributed by atoms with Crippen LogP contribution in [0.1, 0.15) is 19.8 Å². The van der Waals surface area contributed by atoms with Gasteiger partial charge in [-0.15, -0.1) is 0 Å². The molecular weight excluding hydrogens is 212 g/mol. The van der Waals surface area contributed by atoms with Gasteiger partial charge in [0.2, 0.25) is 0 Å². The van der Waals surface area contributed by atoms with Gasteiger partial charge in [0.15, 0.2) is 11.6 Å². The fraction of sp³-hybridized carbons (Fsp3) is 0.500. The second kappa shape index (κ2) is 4.37. The first-order valence-electron chi connectivity index (χ1n) is 5.44. The minimum absolute atomic E-state index is 0.130. The molecule has 1 saturated heterocycles. The minimum atomic E-state index is -0.639. The molecule has 2 rings (SSSR count). The number of rotatable bonds is 2. The van der Waals surface area contributed by atoms with Crippen LogP contribution in [0.25, 0.3) is 0 Å². The maximum absolute atomic E-state index is 13.4. The number of halogens is 2. The minimum Gasteiger partial charge on any atom is -0.484 e. The number of piperidine rings is 1. The van der Waals surface area contributed by atoms with Crippen LogP contribution >= 0.6 is 0 Å². The van der Waals surface area contributed by atoms with Gasteiger partial charge < -0.3 is 10.1 Å². The molecule has 1 aliphatic rings. The van der Waals surface area contributed by atoms with Crippen LogP contribution in [0.3, 0.4) is 0 Å². The highest BCUT2D eigenvalue weighted by Crippen LogP contribution is 2.28. The molecule has 0 unspecified atom stereocenters. The fourth-order valence-corrected chi connectivity index (χ4v) is 1.88. The molecule has 0 aliphatic carbocycles. The van der Waals surface area contributed by atoms with E-state index < -0.39 is 11.6 Å². The molecule has 1 N–H and O–H groups in total. The molecule has 0 spiro atoms. The molecule has 0 aromatic heterocycles. The third kappa shape index (κ3) is 2.50. The number of nitrogens with one attached hydrogen (secondary N) is 1. The lowest BCUT2D eigenvalue weighted by molar-refractivity contribution is 0.0513. The highest BCUT2D eigenvalue weighted by Gasteiger charge is 2.29. The van der Waals surface area contributed by atoms with Crippen molar-refractivity contribution in [2.45, 2.75) is 25.4 Å². The van der Waals surface area contributed by atoms with E-state index in [0.717, 1.165) is 32.0 Å². The monoisotopic (exact) mass is 227 g/mol. The maximum Gasteiger partial charge on any atom is 0.168 e. The van der Waals surface area contributed by atoms with Crippen LogP contribution in [-0.2, 0) is 0 Å². The number of hydrogen-bond donors (Lipinski definition) is 1. The topological polar surface area (TPSA) is 21.3 Å². The van der Waals surface area contributed by atoms with Gasteiger partial charge in [-0.05, 0) is 45.0 Å². The molecule has 0 bridgehead atoms. The van der Waals surface area contributed by atoms with Gasteiger partial charge >= 0.3 is 0 Å². The summed E-state index contributed by atoms with van der Waals surface area (Å²) in [5.74, 6) is -1.09. The summed E-state index contributed by atoms with van der Waals surface area (Å²) in [7, 11) is 0. The molecule has 16 heavy (non-hydrogen) atoms. The quantitative estimate of drug-likeness (QED) is 0.838. The van der Waals surface area contributed by atoms with Crippen LogP contribution in [0.15, 0.2) is 18.2 Å². The van der Waals surface area contributed by atoms with Crippen LogP contribution < -0.4 is 10.1 Å². The Bertz CT molecular complexity index is 375. The number of hydrogen-bond acceptors (Lipinski definition) is 2. The zero-order chi connectivity index (χ0) is 11.6. The van der Waals surface area contributed by atoms with Crippen LogP contribution in [0.2, 0.25) is 0 Å². The summed E-state index contributed by atoms with van der Waals surface area (Å²) in [4.78, 5) is 0. The average molecular weight is 227 g/mol. The van der Waals surface area contributed by atoms with Gasteiger partial charge in [-0.1, -0.05) is 0 Å². The summed E-state index contributed by atoms with van der Waals surface area (Å²) >= 11 is 0. The van der Waals surface area contributed by atoms with E-state index >= 15 is 0 Å². The summed E-state index contributed by atoms with van der Waals surface area (Å²) in [6.07, 6.45) is 1.65. The Labute approximate surface area is 93.6 Å². The first-order valence-corrected chi connectivity index (χ1v) is 5.44. The van der Waals surface area contributed by atoms with Crippen molar-refractivity contribution in [3.8, 4) is 5.75 Å². The van der Waals surface area contributed by atoms with Crippen molar-refractivity contribution in [2.24, 2.45) is 0 Å². The predicted molar refractivity (Wildman–Crippen MR) is 57.5 cm³/mol. The summed E-state index contributed by atoms with van der Waals surface area (Å²) in [6, 6.07) is 3.40. The summed E-state index contributed by atoms with van der Waals surface area (Å²) in [5.41, 5.74) is -0.357. The Balaban J connectivity index is 2.13. The lowest BCUT2D eigenvalue weighted by Gasteiger charge is -2.34. The summed E-state index contributed by atoms with van der Waals surface area (Å²) in [5, 5.41) is 3.22. The van der Waals surface area contributed by atoms with E-state index in [0.29, 0.717) is 0 Å². The Morgan fingerprint density at radius 1 is 1.25 bits per heavy atom. The molecule has 1 aromatic rings. The summed E-state index contributed by atoms with van der Waals surface area (Å²) < 4.78 is 31.8. The third-order valence-electron chi connectivity index (χ3n) is 2.91. The largest absolute Gasteiger partial charge is 0.484 e. The Morgan fingerprint density at radius 2 is 1.94 bits per heavy atom. The van der Waals surface area contributed by atoms with Crippen LogP contribution in [0.5, 0.6) is 5.75 Å². The van der Waals surface area contributed by atoms with Gasteiger partial charge in [-0.25, -0.2) is 8.78 Å². The number of ether oxygens (including phenoxy) is 1. The Morgan fingerprint density at radius 3 is 2.56 bits per heavy atom. The SMILES string of the molecule is CC1(Oc2ccc(F)cc2F)CCNCC1. The van der Waals surface area contributed by atoms with Gasteiger partial charge in [0.25, 0.3) is 0 Å².